The van der Waals surface area contributed by atoms with Crippen molar-refractivity contribution >= 4 is 40.8 Å². The fourth-order valence-electron chi connectivity index (χ4n) is 4.45. The van der Waals surface area contributed by atoms with Crippen LogP contribution < -0.4 is 20.9 Å². The minimum atomic E-state index is -0.594. The third-order valence-electron chi connectivity index (χ3n) is 6.44. The van der Waals surface area contributed by atoms with E-state index in [0.29, 0.717) is 48.8 Å². The Morgan fingerprint density at radius 1 is 1.08 bits per heavy atom. The van der Waals surface area contributed by atoms with E-state index in [2.05, 4.69) is 5.32 Å². The summed E-state index contributed by atoms with van der Waals surface area (Å²) < 4.78 is 20.3. The molecule has 11 heteroatoms. The number of hydrogen-bond donors (Lipinski definition) is 2. The molecule has 2 fully saturated rings. The molecule has 37 heavy (non-hydrogen) atoms. The van der Waals surface area contributed by atoms with Gasteiger partial charge < -0.3 is 25.6 Å². The number of nitrogens with zero attached hydrogens (tertiary/aromatic N) is 3. The van der Waals surface area contributed by atoms with E-state index in [0.717, 1.165) is 0 Å². The van der Waals surface area contributed by atoms with Gasteiger partial charge in [-0.15, -0.1) is 0 Å². The minimum absolute atomic E-state index is 0.100. The lowest BCUT2D eigenvalue weighted by atomic mass is 10.1. The summed E-state index contributed by atoms with van der Waals surface area (Å²) in [6, 6.07) is 11.2. The number of Topliss-reactive ketones (excluding diaryl/α,β-unsaturated/α-hetero) is 1. The van der Waals surface area contributed by atoms with Gasteiger partial charge in [0, 0.05) is 57.2 Å². The summed E-state index contributed by atoms with van der Waals surface area (Å²) in [6.45, 7) is 3.48. The molecule has 0 bridgehead atoms. The topological polar surface area (TPSA) is 125 Å². The Kier molecular flexibility index (Phi) is 7.90. The van der Waals surface area contributed by atoms with Crippen molar-refractivity contribution in [2.45, 2.75) is 25.9 Å². The van der Waals surface area contributed by atoms with Crippen molar-refractivity contribution in [3.63, 3.8) is 0 Å². The van der Waals surface area contributed by atoms with E-state index >= 15 is 4.39 Å². The lowest BCUT2D eigenvalue weighted by molar-refractivity contribution is -0.131. The molecule has 0 aromatic heterocycles. The van der Waals surface area contributed by atoms with E-state index in [-0.39, 0.29) is 43.5 Å². The van der Waals surface area contributed by atoms with Crippen molar-refractivity contribution in [2.24, 2.45) is 0 Å². The van der Waals surface area contributed by atoms with Crippen LogP contribution in [0, 0.1) is 5.82 Å². The zero-order valence-corrected chi connectivity index (χ0v) is 20.6. The summed E-state index contributed by atoms with van der Waals surface area (Å²) in [4.78, 5) is 53.2. The van der Waals surface area contributed by atoms with Gasteiger partial charge in [-0.3, -0.25) is 19.3 Å². The number of ketones is 1. The van der Waals surface area contributed by atoms with Crippen LogP contribution in [-0.4, -0.2) is 74.0 Å². The number of piperazine rings is 1. The van der Waals surface area contributed by atoms with Crippen LogP contribution in [0.25, 0.3) is 0 Å². The van der Waals surface area contributed by atoms with Crippen LogP contribution in [0.3, 0.4) is 0 Å². The fourth-order valence-corrected chi connectivity index (χ4v) is 4.45. The van der Waals surface area contributed by atoms with Crippen molar-refractivity contribution < 1.29 is 28.3 Å². The second-order valence-corrected chi connectivity index (χ2v) is 9.11. The van der Waals surface area contributed by atoms with Gasteiger partial charge in [-0.1, -0.05) is 12.1 Å². The molecule has 3 amide bonds. The Balaban J connectivity index is 1.28. The van der Waals surface area contributed by atoms with Crippen LogP contribution in [0.15, 0.2) is 42.5 Å². The number of carbonyl (C=O) groups is 4. The molecule has 2 aliphatic rings. The molecule has 0 spiro atoms. The number of halogens is 1. The molecular weight excluding hydrogens is 481 g/mol. The van der Waals surface area contributed by atoms with Gasteiger partial charge in [-0.25, -0.2) is 9.18 Å². The molecule has 2 saturated heterocycles. The first-order chi connectivity index (χ1) is 17.7. The van der Waals surface area contributed by atoms with Crippen LogP contribution in [0.4, 0.5) is 26.2 Å². The molecule has 0 saturated carbocycles. The first-order valence-electron chi connectivity index (χ1n) is 12.1. The number of anilines is 3. The van der Waals surface area contributed by atoms with Crippen molar-refractivity contribution in [2.75, 3.05) is 54.8 Å². The third-order valence-corrected chi connectivity index (χ3v) is 6.44. The second kappa shape index (κ2) is 11.3. The molecule has 2 aromatic rings. The number of cyclic esters (lactones) is 1. The van der Waals surface area contributed by atoms with Crippen LogP contribution in [0.5, 0.6) is 0 Å². The van der Waals surface area contributed by atoms with Gasteiger partial charge in [0.15, 0.2) is 5.78 Å². The van der Waals surface area contributed by atoms with Gasteiger partial charge in [0.05, 0.1) is 24.5 Å². The molecule has 1 atom stereocenters. The van der Waals surface area contributed by atoms with E-state index in [9.17, 15) is 19.2 Å². The number of amides is 3. The van der Waals surface area contributed by atoms with Crippen molar-refractivity contribution in [1.29, 1.82) is 0 Å². The number of ether oxygens (including phenoxy) is 1. The average molecular weight is 512 g/mol. The molecule has 0 unspecified atom stereocenters. The van der Waals surface area contributed by atoms with E-state index < -0.39 is 18.0 Å². The first kappa shape index (κ1) is 25.9. The van der Waals surface area contributed by atoms with Crippen molar-refractivity contribution in [3.05, 3.63) is 53.8 Å². The van der Waals surface area contributed by atoms with Crippen LogP contribution in [-0.2, 0) is 14.3 Å². The lowest BCUT2D eigenvalue weighted by Gasteiger charge is -2.36. The maximum Gasteiger partial charge on any atom is 0.414 e. The van der Waals surface area contributed by atoms with Crippen LogP contribution in [0.2, 0.25) is 0 Å². The summed E-state index contributed by atoms with van der Waals surface area (Å²) in [5, 5.41) is 2.61. The number of rotatable bonds is 8. The molecule has 10 nitrogen and oxygen atoms in total. The number of carbonyl (C=O) groups excluding carboxylic acids is 4. The number of benzene rings is 2. The summed E-state index contributed by atoms with van der Waals surface area (Å²) in [7, 11) is 0. The average Bonchev–Trinajstić information content (AvgIpc) is 3.26. The van der Waals surface area contributed by atoms with Gasteiger partial charge in [-0.05, 0) is 30.3 Å². The highest BCUT2D eigenvalue weighted by molar-refractivity contribution is 5.98. The van der Waals surface area contributed by atoms with E-state index in [1.165, 1.54) is 17.9 Å². The van der Waals surface area contributed by atoms with Crippen molar-refractivity contribution in [1.82, 2.24) is 10.2 Å². The number of nitrogens with one attached hydrogen (secondary N) is 1. The molecule has 2 aromatic carbocycles. The van der Waals surface area contributed by atoms with E-state index in [1.54, 1.807) is 41.3 Å². The normalized spacial score (nSPS) is 17.5. The Bertz CT molecular complexity index is 1200. The highest BCUT2D eigenvalue weighted by atomic mass is 19.1. The highest BCUT2D eigenvalue weighted by Gasteiger charge is 2.33. The van der Waals surface area contributed by atoms with E-state index in [1.807, 2.05) is 4.90 Å². The predicted molar refractivity (Wildman–Crippen MR) is 136 cm³/mol. The van der Waals surface area contributed by atoms with Gasteiger partial charge in [-0.2, -0.15) is 0 Å². The molecule has 3 N–H and O–H groups in total. The Labute approximate surface area is 214 Å². The summed E-state index contributed by atoms with van der Waals surface area (Å²) in [5.41, 5.74) is 7.46. The molecule has 0 radical (unpaired) electrons. The monoisotopic (exact) mass is 511 g/mol. The van der Waals surface area contributed by atoms with Gasteiger partial charge in [0.2, 0.25) is 11.8 Å². The minimum Gasteiger partial charge on any atom is -0.442 e. The molecule has 2 aliphatic heterocycles. The number of nitrogens with two attached hydrogens (primary N) is 1. The number of hydrogen-bond acceptors (Lipinski definition) is 7. The van der Waals surface area contributed by atoms with Crippen molar-refractivity contribution in [3.8, 4) is 0 Å². The Hall–Kier alpha value is -4.15. The molecular formula is C26H30FN5O5. The SMILES string of the molecule is CC(=O)NC[C@H]1CN(c2ccc(N3CCN(C(=O)CCC(=O)c4cccc(N)c4)CC3)c(F)c2)C(=O)O1. The molecule has 196 valence electrons. The smallest absolute Gasteiger partial charge is 0.414 e. The quantitative estimate of drug-likeness (QED) is 0.411. The summed E-state index contributed by atoms with van der Waals surface area (Å²) >= 11 is 0. The predicted octanol–water partition coefficient (Wildman–Crippen LogP) is 2.18. The first-order valence-corrected chi connectivity index (χ1v) is 12.1. The summed E-state index contributed by atoms with van der Waals surface area (Å²) in [5.74, 6) is -0.958. The molecule has 0 aliphatic carbocycles. The van der Waals surface area contributed by atoms with Gasteiger partial charge in [0.1, 0.15) is 11.9 Å². The zero-order valence-electron chi connectivity index (χ0n) is 20.6. The van der Waals surface area contributed by atoms with Crippen LogP contribution in [0.1, 0.15) is 30.1 Å². The fraction of sp³-hybridized carbons (Fsp3) is 0.385. The highest BCUT2D eigenvalue weighted by Crippen LogP contribution is 2.28. The zero-order chi connectivity index (χ0) is 26.5. The van der Waals surface area contributed by atoms with E-state index in [4.69, 9.17) is 10.5 Å². The maximum absolute atomic E-state index is 15.0. The Morgan fingerprint density at radius 3 is 2.51 bits per heavy atom. The van der Waals surface area contributed by atoms with Crippen LogP contribution >= 0.6 is 0 Å². The van der Waals surface area contributed by atoms with Gasteiger partial charge >= 0.3 is 6.09 Å². The van der Waals surface area contributed by atoms with Gasteiger partial charge in [0.25, 0.3) is 0 Å². The maximum atomic E-state index is 15.0. The largest absolute Gasteiger partial charge is 0.442 e. The number of nitrogen functional groups attached to an aromatic ring is 1. The molecule has 4 rings (SSSR count). The summed E-state index contributed by atoms with van der Waals surface area (Å²) in [6.07, 6.45) is -0.899. The second-order valence-electron chi connectivity index (χ2n) is 9.11. The molecule has 2 heterocycles. The lowest BCUT2D eigenvalue weighted by Crippen LogP contribution is -2.49. The standard InChI is InChI=1S/C26H30FN5O5/c1-17(33)29-15-21-16-32(26(36)37-21)20-5-6-23(22(27)14-20)30-9-11-31(12-10-30)25(35)8-7-24(34)18-3-2-4-19(28)13-18/h2-6,13-14,21H,7-12,15-16,28H2,1H3,(H,29,33)/t21-/m0/s1. The third kappa shape index (κ3) is 6.35. The Morgan fingerprint density at radius 2 is 1.84 bits per heavy atom.